The van der Waals surface area contributed by atoms with Gasteiger partial charge in [0.15, 0.2) is 0 Å². The quantitative estimate of drug-likeness (QED) is 0.869. The Morgan fingerprint density at radius 1 is 1.30 bits per heavy atom. The summed E-state index contributed by atoms with van der Waals surface area (Å²) in [5, 5.41) is 4.09. The molecule has 0 saturated heterocycles. The number of aromatic nitrogens is 1. The molecule has 0 radical (unpaired) electrons. The highest BCUT2D eigenvalue weighted by Crippen LogP contribution is 2.32. The van der Waals surface area contributed by atoms with Crippen LogP contribution in [0.15, 0.2) is 28.8 Å². The summed E-state index contributed by atoms with van der Waals surface area (Å²) in [7, 11) is 0. The first-order valence-corrected chi connectivity index (χ1v) is 8.19. The van der Waals surface area contributed by atoms with Crippen molar-refractivity contribution in [2.75, 3.05) is 6.61 Å². The van der Waals surface area contributed by atoms with Gasteiger partial charge in [0.05, 0.1) is 6.61 Å². The first kappa shape index (κ1) is 14.3. The van der Waals surface area contributed by atoms with Gasteiger partial charge in [-0.15, -0.1) is 0 Å². The van der Waals surface area contributed by atoms with E-state index in [-0.39, 0.29) is 11.9 Å². The molecule has 5 nitrogen and oxygen atoms in total. The third-order valence-corrected chi connectivity index (χ3v) is 4.44. The molecule has 2 heterocycles. The molecule has 1 aliphatic carbocycles. The van der Waals surface area contributed by atoms with Crippen molar-refractivity contribution < 1.29 is 14.1 Å². The molecule has 2 aliphatic rings. The van der Waals surface area contributed by atoms with E-state index in [0.29, 0.717) is 17.5 Å². The average Bonchev–Trinajstić information content (AvgIpc) is 3.05. The molecule has 1 aromatic carbocycles. The molecule has 0 spiro atoms. The van der Waals surface area contributed by atoms with Crippen molar-refractivity contribution >= 4 is 5.91 Å². The normalized spacial score (nSPS) is 16.3. The Hall–Kier alpha value is -2.30. The van der Waals surface area contributed by atoms with Crippen LogP contribution in [0.25, 0.3) is 11.3 Å². The summed E-state index contributed by atoms with van der Waals surface area (Å²) in [6.45, 7) is 4.80. The fourth-order valence-electron chi connectivity index (χ4n) is 3.16. The predicted octanol–water partition coefficient (Wildman–Crippen LogP) is 3.29. The van der Waals surface area contributed by atoms with Crippen LogP contribution in [0.1, 0.15) is 42.8 Å². The highest BCUT2D eigenvalue weighted by atomic mass is 16.5. The Bertz CT molecular complexity index is 744. The molecule has 1 aliphatic heterocycles. The predicted molar refractivity (Wildman–Crippen MR) is 85.5 cm³/mol. The van der Waals surface area contributed by atoms with Gasteiger partial charge in [0.25, 0.3) is 5.91 Å². The monoisotopic (exact) mass is 312 g/mol. The minimum atomic E-state index is -0.0641. The molecule has 1 saturated carbocycles. The number of benzene rings is 1. The van der Waals surface area contributed by atoms with Crippen LogP contribution >= 0.6 is 0 Å². The lowest BCUT2D eigenvalue weighted by Gasteiger charge is -2.25. The van der Waals surface area contributed by atoms with E-state index in [1.807, 2.05) is 30.9 Å². The lowest BCUT2D eigenvalue weighted by atomic mass is 10.1. The van der Waals surface area contributed by atoms with Crippen LogP contribution in [0.4, 0.5) is 0 Å². The number of amides is 1. The van der Waals surface area contributed by atoms with Gasteiger partial charge < -0.3 is 14.2 Å². The van der Waals surface area contributed by atoms with E-state index in [9.17, 15) is 4.79 Å². The maximum Gasteiger partial charge on any atom is 0.292 e. The van der Waals surface area contributed by atoms with Gasteiger partial charge in [-0.05, 0) is 50.5 Å². The van der Waals surface area contributed by atoms with Crippen molar-refractivity contribution in [2.45, 2.75) is 45.2 Å². The van der Waals surface area contributed by atoms with E-state index in [4.69, 9.17) is 9.26 Å². The lowest BCUT2D eigenvalue weighted by Crippen LogP contribution is -2.38. The number of hydrogen-bond acceptors (Lipinski definition) is 4. The second kappa shape index (κ2) is 5.41. The molecule has 23 heavy (non-hydrogen) atoms. The highest BCUT2D eigenvalue weighted by molar-refractivity contribution is 5.93. The summed E-state index contributed by atoms with van der Waals surface area (Å²) in [6.07, 6.45) is 3.07. The third-order valence-electron chi connectivity index (χ3n) is 4.44. The van der Waals surface area contributed by atoms with E-state index in [2.05, 4.69) is 11.2 Å². The van der Waals surface area contributed by atoms with Gasteiger partial charge in [-0.2, -0.15) is 0 Å². The van der Waals surface area contributed by atoms with Gasteiger partial charge in [-0.3, -0.25) is 4.79 Å². The topological polar surface area (TPSA) is 55.6 Å². The second-order valence-corrected chi connectivity index (χ2v) is 6.53. The summed E-state index contributed by atoms with van der Waals surface area (Å²) in [4.78, 5) is 14.6. The minimum Gasteiger partial charge on any atom is -0.493 e. The maximum atomic E-state index is 12.7. The lowest BCUT2D eigenvalue weighted by molar-refractivity contribution is 0.0647. The molecule has 0 atom stereocenters. The Morgan fingerprint density at radius 2 is 2.13 bits per heavy atom. The van der Waals surface area contributed by atoms with E-state index in [1.165, 1.54) is 5.56 Å². The number of fused-ring (bicyclic) bond motifs is 1. The number of hydrogen-bond donors (Lipinski definition) is 0. The van der Waals surface area contributed by atoms with Crippen molar-refractivity contribution in [3.8, 4) is 17.0 Å². The zero-order valence-corrected chi connectivity index (χ0v) is 13.4. The van der Waals surface area contributed by atoms with Crippen molar-refractivity contribution in [2.24, 2.45) is 0 Å². The Kier molecular flexibility index (Phi) is 3.36. The summed E-state index contributed by atoms with van der Waals surface area (Å²) >= 11 is 0. The molecule has 1 fully saturated rings. The Labute approximate surface area is 135 Å². The molecule has 120 valence electrons. The molecular formula is C18H20N2O3. The summed E-state index contributed by atoms with van der Waals surface area (Å²) in [6, 6.07) is 8.25. The van der Waals surface area contributed by atoms with Gasteiger partial charge in [0.2, 0.25) is 5.76 Å². The summed E-state index contributed by atoms with van der Waals surface area (Å²) in [5.41, 5.74) is 2.84. The van der Waals surface area contributed by atoms with Crippen LogP contribution in [-0.2, 0) is 6.42 Å². The van der Waals surface area contributed by atoms with Gasteiger partial charge in [-0.1, -0.05) is 5.16 Å². The van der Waals surface area contributed by atoms with E-state index >= 15 is 0 Å². The standard InChI is InChI=1S/C18H20N2O3/c1-11(2)20(14-4-5-14)18(21)17-10-15(19-23-17)12-3-6-16-13(9-12)7-8-22-16/h3,6,9-11,14H,4-5,7-8H2,1-2H3. The van der Waals surface area contributed by atoms with Gasteiger partial charge in [-0.25, -0.2) is 0 Å². The number of ether oxygens (including phenoxy) is 1. The van der Waals surface area contributed by atoms with E-state index in [0.717, 1.165) is 37.2 Å². The van der Waals surface area contributed by atoms with Crippen molar-refractivity contribution in [1.82, 2.24) is 10.1 Å². The minimum absolute atomic E-state index is 0.0641. The zero-order chi connectivity index (χ0) is 16.0. The van der Waals surface area contributed by atoms with Crippen LogP contribution in [0.3, 0.4) is 0 Å². The summed E-state index contributed by atoms with van der Waals surface area (Å²) in [5.74, 6) is 1.19. The van der Waals surface area contributed by atoms with Gasteiger partial charge >= 0.3 is 0 Å². The van der Waals surface area contributed by atoms with E-state index in [1.54, 1.807) is 6.07 Å². The Balaban J connectivity index is 1.60. The molecule has 0 N–H and O–H groups in total. The molecule has 5 heteroatoms. The van der Waals surface area contributed by atoms with Gasteiger partial charge in [0, 0.05) is 30.1 Å². The molecular weight excluding hydrogens is 292 g/mol. The van der Waals surface area contributed by atoms with Crippen LogP contribution in [0, 0.1) is 0 Å². The van der Waals surface area contributed by atoms with Crippen molar-refractivity contribution in [3.63, 3.8) is 0 Å². The van der Waals surface area contributed by atoms with Crippen LogP contribution in [0.2, 0.25) is 0 Å². The van der Waals surface area contributed by atoms with E-state index < -0.39 is 0 Å². The van der Waals surface area contributed by atoms with Crippen molar-refractivity contribution in [1.29, 1.82) is 0 Å². The Morgan fingerprint density at radius 3 is 2.87 bits per heavy atom. The molecule has 0 unspecified atom stereocenters. The second-order valence-electron chi connectivity index (χ2n) is 6.53. The maximum absolute atomic E-state index is 12.7. The molecule has 1 amide bonds. The molecule has 4 rings (SSSR count). The fourth-order valence-corrected chi connectivity index (χ4v) is 3.16. The van der Waals surface area contributed by atoms with Gasteiger partial charge in [0.1, 0.15) is 11.4 Å². The largest absolute Gasteiger partial charge is 0.493 e. The van der Waals surface area contributed by atoms with Crippen molar-refractivity contribution in [3.05, 3.63) is 35.6 Å². The number of nitrogens with zero attached hydrogens (tertiary/aromatic N) is 2. The molecule has 2 aromatic rings. The summed E-state index contributed by atoms with van der Waals surface area (Å²) < 4.78 is 10.9. The first-order valence-electron chi connectivity index (χ1n) is 8.19. The highest BCUT2D eigenvalue weighted by Gasteiger charge is 2.36. The smallest absolute Gasteiger partial charge is 0.292 e. The number of rotatable bonds is 4. The van der Waals surface area contributed by atoms with Crippen LogP contribution in [-0.4, -0.2) is 34.7 Å². The number of carbonyl (C=O) groups excluding carboxylic acids is 1. The first-order chi connectivity index (χ1) is 11.1. The number of carbonyl (C=O) groups is 1. The fraction of sp³-hybridized carbons (Fsp3) is 0.444. The molecule has 1 aromatic heterocycles. The van der Waals surface area contributed by atoms with Crippen LogP contribution < -0.4 is 4.74 Å². The molecule has 0 bridgehead atoms. The third kappa shape index (κ3) is 2.60. The SMILES string of the molecule is CC(C)N(C(=O)c1cc(-c2ccc3c(c2)CCO3)no1)C1CC1. The van der Waals surface area contributed by atoms with Crippen LogP contribution in [0.5, 0.6) is 5.75 Å². The zero-order valence-electron chi connectivity index (χ0n) is 13.4. The average molecular weight is 312 g/mol.